The van der Waals surface area contributed by atoms with Crippen molar-refractivity contribution in [1.82, 2.24) is 15.0 Å². The van der Waals surface area contributed by atoms with E-state index >= 15 is 0 Å². The fourth-order valence-corrected chi connectivity index (χ4v) is 1.87. The van der Waals surface area contributed by atoms with Crippen molar-refractivity contribution in [3.05, 3.63) is 11.4 Å². The van der Waals surface area contributed by atoms with E-state index in [4.69, 9.17) is 9.47 Å². The van der Waals surface area contributed by atoms with Crippen molar-refractivity contribution in [2.75, 3.05) is 20.3 Å². The first kappa shape index (κ1) is 16.6. The van der Waals surface area contributed by atoms with Crippen LogP contribution >= 0.6 is 0 Å². The van der Waals surface area contributed by atoms with E-state index in [9.17, 15) is 4.79 Å². The summed E-state index contributed by atoms with van der Waals surface area (Å²) in [5.74, 6) is 0.342. The maximum Gasteiger partial charge on any atom is 0.360 e. The molecule has 20 heavy (non-hydrogen) atoms. The number of aromatic nitrogens is 3. The molecule has 0 aromatic carbocycles. The van der Waals surface area contributed by atoms with E-state index in [0.29, 0.717) is 24.8 Å². The first-order chi connectivity index (χ1) is 9.47. The summed E-state index contributed by atoms with van der Waals surface area (Å²) in [4.78, 5) is 11.6. The Hall–Kier alpha value is -1.43. The number of esters is 1. The van der Waals surface area contributed by atoms with Crippen molar-refractivity contribution in [2.24, 2.45) is 5.92 Å². The third-order valence-electron chi connectivity index (χ3n) is 2.99. The lowest BCUT2D eigenvalue weighted by molar-refractivity contribution is 0.0591. The summed E-state index contributed by atoms with van der Waals surface area (Å²) in [6.07, 6.45) is 1.04. The van der Waals surface area contributed by atoms with E-state index in [-0.39, 0.29) is 5.92 Å². The second-order valence-corrected chi connectivity index (χ2v) is 5.49. The Morgan fingerprint density at radius 3 is 2.50 bits per heavy atom. The molecule has 0 spiro atoms. The van der Waals surface area contributed by atoms with Gasteiger partial charge in [0.25, 0.3) is 0 Å². The van der Waals surface area contributed by atoms with Gasteiger partial charge in [0.05, 0.1) is 26.0 Å². The van der Waals surface area contributed by atoms with Crippen LogP contribution in [0.2, 0.25) is 0 Å². The van der Waals surface area contributed by atoms with Crippen LogP contribution < -0.4 is 0 Å². The highest BCUT2D eigenvalue weighted by Gasteiger charge is 2.22. The van der Waals surface area contributed by atoms with Crippen molar-refractivity contribution in [2.45, 2.75) is 46.6 Å². The van der Waals surface area contributed by atoms with Crippen LogP contribution in [0.1, 0.15) is 56.2 Å². The van der Waals surface area contributed by atoms with E-state index in [0.717, 1.165) is 18.7 Å². The Labute approximate surface area is 120 Å². The van der Waals surface area contributed by atoms with E-state index in [1.54, 1.807) is 4.68 Å². The van der Waals surface area contributed by atoms with Crippen molar-refractivity contribution in [1.29, 1.82) is 0 Å². The number of hydrogen-bond donors (Lipinski definition) is 0. The fourth-order valence-electron chi connectivity index (χ4n) is 1.87. The zero-order chi connectivity index (χ0) is 15.1. The molecule has 0 amide bonds. The molecule has 0 saturated heterocycles. The normalized spacial score (nSPS) is 11.3. The van der Waals surface area contributed by atoms with E-state index in [1.807, 2.05) is 13.8 Å². The second kappa shape index (κ2) is 7.99. The zero-order valence-electron chi connectivity index (χ0n) is 13.0. The van der Waals surface area contributed by atoms with Gasteiger partial charge in [-0.05, 0) is 18.3 Å². The summed E-state index contributed by atoms with van der Waals surface area (Å²) in [6, 6.07) is 0. The topological polar surface area (TPSA) is 66.2 Å². The molecule has 6 nitrogen and oxygen atoms in total. The largest absolute Gasteiger partial charge is 0.464 e. The molecule has 0 unspecified atom stereocenters. The molecule has 0 atom stereocenters. The fraction of sp³-hybridized carbons (Fsp3) is 0.786. The van der Waals surface area contributed by atoms with E-state index in [2.05, 4.69) is 24.2 Å². The highest BCUT2D eigenvalue weighted by atomic mass is 16.5. The number of ether oxygens (including phenoxy) is 2. The maximum atomic E-state index is 11.6. The molecular weight excluding hydrogens is 258 g/mol. The zero-order valence-corrected chi connectivity index (χ0v) is 13.0. The highest BCUT2D eigenvalue weighted by Crippen LogP contribution is 2.18. The summed E-state index contributed by atoms with van der Waals surface area (Å²) >= 11 is 0. The number of nitrogens with zero attached hydrogens (tertiary/aromatic N) is 3. The van der Waals surface area contributed by atoms with Gasteiger partial charge >= 0.3 is 5.97 Å². The van der Waals surface area contributed by atoms with Gasteiger partial charge < -0.3 is 9.47 Å². The van der Waals surface area contributed by atoms with Gasteiger partial charge in [-0.15, -0.1) is 5.10 Å². The Morgan fingerprint density at radius 2 is 1.95 bits per heavy atom. The van der Waals surface area contributed by atoms with Crippen LogP contribution in [0.25, 0.3) is 0 Å². The van der Waals surface area contributed by atoms with Crippen LogP contribution in [-0.4, -0.2) is 41.3 Å². The first-order valence-electron chi connectivity index (χ1n) is 7.06. The molecule has 1 aromatic heterocycles. The SMILES string of the molecule is COC(=O)c1nnn(CCOCCC(C)C)c1C(C)C. The molecule has 114 valence electrons. The van der Waals surface area contributed by atoms with Crippen LogP contribution in [-0.2, 0) is 16.0 Å². The van der Waals surface area contributed by atoms with Gasteiger partial charge in [-0.2, -0.15) is 0 Å². The molecule has 0 N–H and O–H groups in total. The molecule has 1 aromatic rings. The standard InChI is InChI=1S/C14H25N3O3/c1-10(2)6-8-20-9-7-17-13(11(3)4)12(15-16-17)14(18)19-5/h10-11H,6-9H2,1-5H3. The molecule has 0 aliphatic heterocycles. The molecule has 0 radical (unpaired) electrons. The lowest BCUT2D eigenvalue weighted by atomic mass is 10.1. The molecule has 0 bridgehead atoms. The van der Waals surface area contributed by atoms with Crippen LogP contribution in [0.3, 0.4) is 0 Å². The monoisotopic (exact) mass is 283 g/mol. The van der Waals surface area contributed by atoms with Gasteiger partial charge in [-0.1, -0.05) is 32.9 Å². The highest BCUT2D eigenvalue weighted by molar-refractivity contribution is 5.88. The van der Waals surface area contributed by atoms with Crippen molar-refractivity contribution in [3.8, 4) is 0 Å². The van der Waals surface area contributed by atoms with Gasteiger partial charge in [0.2, 0.25) is 0 Å². The van der Waals surface area contributed by atoms with E-state index in [1.165, 1.54) is 7.11 Å². The molecule has 0 aliphatic carbocycles. The average molecular weight is 283 g/mol. The number of rotatable bonds is 8. The van der Waals surface area contributed by atoms with Crippen molar-refractivity contribution >= 4 is 5.97 Å². The summed E-state index contributed by atoms with van der Waals surface area (Å²) in [5.41, 5.74) is 1.09. The minimum absolute atomic E-state index is 0.148. The first-order valence-corrected chi connectivity index (χ1v) is 7.06. The maximum absolute atomic E-state index is 11.6. The third-order valence-corrected chi connectivity index (χ3v) is 2.99. The van der Waals surface area contributed by atoms with Gasteiger partial charge in [-0.3, -0.25) is 0 Å². The number of carbonyl (C=O) groups is 1. The summed E-state index contributed by atoms with van der Waals surface area (Å²) in [7, 11) is 1.35. The summed E-state index contributed by atoms with van der Waals surface area (Å²) < 4.78 is 12.0. The van der Waals surface area contributed by atoms with Crippen LogP contribution in [0.15, 0.2) is 0 Å². The van der Waals surface area contributed by atoms with Gasteiger partial charge in [0.15, 0.2) is 5.69 Å². The summed E-state index contributed by atoms with van der Waals surface area (Å²) in [5, 5.41) is 7.94. The quantitative estimate of drug-likeness (QED) is 0.541. The van der Waals surface area contributed by atoms with Crippen molar-refractivity contribution < 1.29 is 14.3 Å². The lowest BCUT2D eigenvalue weighted by Crippen LogP contribution is -2.14. The van der Waals surface area contributed by atoms with Crippen molar-refractivity contribution in [3.63, 3.8) is 0 Å². The predicted molar refractivity (Wildman–Crippen MR) is 75.7 cm³/mol. The van der Waals surface area contributed by atoms with Gasteiger partial charge in [-0.25, -0.2) is 9.48 Å². The molecule has 0 saturated carbocycles. The minimum Gasteiger partial charge on any atom is -0.464 e. The van der Waals surface area contributed by atoms with Crippen LogP contribution in [0.5, 0.6) is 0 Å². The van der Waals surface area contributed by atoms with Gasteiger partial charge in [0.1, 0.15) is 0 Å². The molecular formula is C14H25N3O3. The van der Waals surface area contributed by atoms with Gasteiger partial charge in [0, 0.05) is 6.61 Å². The number of carbonyl (C=O) groups excluding carboxylic acids is 1. The molecule has 1 rings (SSSR count). The Bertz CT molecular complexity index is 427. The Morgan fingerprint density at radius 1 is 1.25 bits per heavy atom. The Kier molecular flexibility index (Phi) is 6.64. The predicted octanol–water partition coefficient (Wildman–Crippen LogP) is 2.25. The number of methoxy groups -OCH3 is 1. The van der Waals surface area contributed by atoms with Crippen LogP contribution in [0.4, 0.5) is 0 Å². The summed E-state index contributed by atoms with van der Waals surface area (Å²) in [6.45, 7) is 10.2. The Balaban J connectivity index is 2.61. The lowest BCUT2D eigenvalue weighted by Gasteiger charge is -2.11. The minimum atomic E-state index is -0.444. The third kappa shape index (κ3) is 4.59. The molecule has 0 fully saturated rings. The average Bonchev–Trinajstić information content (AvgIpc) is 2.81. The molecule has 0 aliphatic rings. The second-order valence-electron chi connectivity index (χ2n) is 5.49. The van der Waals surface area contributed by atoms with E-state index < -0.39 is 5.97 Å². The smallest absolute Gasteiger partial charge is 0.360 e. The molecule has 1 heterocycles. The number of hydrogen-bond acceptors (Lipinski definition) is 5. The molecule has 6 heteroatoms. The van der Waals surface area contributed by atoms with Crippen LogP contribution in [0, 0.1) is 5.92 Å².